The van der Waals surface area contributed by atoms with E-state index in [9.17, 15) is 18.0 Å². The van der Waals surface area contributed by atoms with Gasteiger partial charge in [0.2, 0.25) is 16.8 Å². The molecule has 2 N–H and O–H groups in total. The first-order valence-electron chi connectivity index (χ1n) is 10.5. The number of sulfonamides is 1. The maximum Gasteiger partial charge on any atom is 0.324 e. The second-order valence-corrected chi connectivity index (χ2v) is 9.59. The van der Waals surface area contributed by atoms with Gasteiger partial charge in [0.15, 0.2) is 29.6 Å². The topological polar surface area (TPSA) is 138 Å². The van der Waals surface area contributed by atoms with E-state index in [4.69, 9.17) is 23.7 Å². The van der Waals surface area contributed by atoms with Crippen LogP contribution >= 0.6 is 0 Å². The van der Waals surface area contributed by atoms with Gasteiger partial charge in [0.25, 0.3) is 5.91 Å². The van der Waals surface area contributed by atoms with Crippen molar-refractivity contribution in [2.45, 2.75) is 24.8 Å². The summed E-state index contributed by atoms with van der Waals surface area (Å²) in [6.07, 6.45) is 0. The molecule has 0 saturated heterocycles. The third-order valence-electron chi connectivity index (χ3n) is 5.03. The van der Waals surface area contributed by atoms with Crippen molar-refractivity contribution in [3.63, 3.8) is 0 Å². The Morgan fingerprint density at radius 2 is 1.59 bits per heavy atom. The molecule has 0 bridgehead atoms. The van der Waals surface area contributed by atoms with E-state index in [0.29, 0.717) is 41.9 Å². The third-order valence-corrected chi connectivity index (χ3v) is 6.47. The van der Waals surface area contributed by atoms with Gasteiger partial charge in [-0.2, -0.15) is 4.72 Å². The molecule has 0 radical (unpaired) electrons. The van der Waals surface area contributed by atoms with Gasteiger partial charge in [0.05, 0.1) is 4.90 Å². The minimum atomic E-state index is -4.09. The number of ether oxygens (including phenoxy) is 5. The summed E-state index contributed by atoms with van der Waals surface area (Å²) in [5.74, 6) is -0.119. The number of amides is 1. The highest BCUT2D eigenvalue weighted by Gasteiger charge is 2.31. The van der Waals surface area contributed by atoms with Gasteiger partial charge in [-0.05, 0) is 30.2 Å². The van der Waals surface area contributed by atoms with Crippen LogP contribution in [-0.4, -0.2) is 52.9 Å². The van der Waals surface area contributed by atoms with Crippen LogP contribution in [0.1, 0.15) is 13.8 Å². The summed E-state index contributed by atoms with van der Waals surface area (Å²) in [7, 11) is -4.09. The molecule has 11 nitrogen and oxygen atoms in total. The number of benzene rings is 2. The molecule has 0 saturated carbocycles. The molecule has 0 fully saturated rings. The zero-order valence-electron chi connectivity index (χ0n) is 18.5. The lowest BCUT2D eigenvalue weighted by atomic mass is 10.1. The first-order valence-corrected chi connectivity index (χ1v) is 12.0. The van der Waals surface area contributed by atoms with Crippen LogP contribution in [0.4, 0.5) is 5.69 Å². The average Bonchev–Trinajstić information content (AvgIpc) is 3.28. The van der Waals surface area contributed by atoms with Crippen LogP contribution in [-0.2, 0) is 24.3 Å². The highest BCUT2D eigenvalue weighted by atomic mass is 32.2. The Labute approximate surface area is 196 Å². The third kappa shape index (κ3) is 5.34. The minimum Gasteiger partial charge on any atom is -0.486 e. The monoisotopic (exact) mass is 492 g/mol. The molecule has 0 unspecified atom stereocenters. The van der Waals surface area contributed by atoms with Crippen molar-refractivity contribution in [3.8, 4) is 23.0 Å². The van der Waals surface area contributed by atoms with Crippen molar-refractivity contribution in [1.82, 2.24) is 4.72 Å². The van der Waals surface area contributed by atoms with Gasteiger partial charge >= 0.3 is 5.97 Å². The standard InChI is InChI=1S/C22H24N2O9S/c1-13(2)21(24-34(27,28)15-4-6-16-19(10-15)30-8-7-29-16)22(26)31-11-20(25)23-14-3-5-17-18(9-14)33-12-32-17/h3-6,9-10,13,21,24H,7-8,11-12H2,1-2H3,(H,23,25)/t21-/m0/s1. The van der Waals surface area contributed by atoms with E-state index >= 15 is 0 Å². The molecule has 182 valence electrons. The fourth-order valence-corrected chi connectivity index (χ4v) is 4.63. The van der Waals surface area contributed by atoms with Crippen molar-refractivity contribution in [1.29, 1.82) is 0 Å². The maximum atomic E-state index is 12.9. The van der Waals surface area contributed by atoms with Gasteiger partial charge < -0.3 is 29.0 Å². The molecular weight excluding hydrogens is 468 g/mol. The lowest BCUT2D eigenvalue weighted by Gasteiger charge is -2.22. The first-order chi connectivity index (χ1) is 16.2. The Hall–Kier alpha value is -3.51. The largest absolute Gasteiger partial charge is 0.486 e. The van der Waals surface area contributed by atoms with Crippen LogP contribution in [0.3, 0.4) is 0 Å². The van der Waals surface area contributed by atoms with Gasteiger partial charge in [-0.1, -0.05) is 13.8 Å². The normalized spacial score (nSPS) is 15.0. The van der Waals surface area contributed by atoms with Gasteiger partial charge in [-0.3, -0.25) is 9.59 Å². The van der Waals surface area contributed by atoms with E-state index in [1.54, 1.807) is 32.0 Å². The minimum absolute atomic E-state index is 0.0873. The molecular formula is C22H24N2O9S. The van der Waals surface area contributed by atoms with Crippen LogP contribution in [0, 0.1) is 5.92 Å². The summed E-state index contributed by atoms with van der Waals surface area (Å²) in [4.78, 5) is 24.8. The van der Waals surface area contributed by atoms with E-state index in [2.05, 4.69) is 10.0 Å². The predicted molar refractivity (Wildman–Crippen MR) is 119 cm³/mol. The summed E-state index contributed by atoms with van der Waals surface area (Å²) in [6.45, 7) is 3.50. The average molecular weight is 493 g/mol. The number of carbonyl (C=O) groups is 2. The highest BCUT2D eigenvalue weighted by molar-refractivity contribution is 7.89. The Balaban J connectivity index is 1.37. The van der Waals surface area contributed by atoms with E-state index < -0.39 is 40.5 Å². The smallest absolute Gasteiger partial charge is 0.324 e. The fourth-order valence-electron chi connectivity index (χ4n) is 3.28. The molecule has 0 spiro atoms. The highest BCUT2D eigenvalue weighted by Crippen LogP contribution is 2.34. The second-order valence-electron chi connectivity index (χ2n) is 7.87. The Morgan fingerprint density at radius 3 is 2.35 bits per heavy atom. The van der Waals surface area contributed by atoms with Crippen molar-refractivity contribution in [2.75, 3.05) is 31.9 Å². The molecule has 4 rings (SSSR count). The number of hydrogen-bond acceptors (Lipinski definition) is 9. The molecule has 0 aliphatic carbocycles. The van der Waals surface area contributed by atoms with E-state index in [1.807, 2.05) is 0 Å². The number of anilines is 1. The SMILES string of the molecule is CC(C)[C@H](NS(=O)(=O)c1ccc2c(c1)OCCO2)C(=O)OCC(=O)Nc1ccc2c(c1)OCO2. The number of nitrogens with one attached hydrogen (secondary N) is 2. The van der Waals surface area contributed by atoms with E-state index in [1.165, 1.54) is 18.2 Å². The molecule has 2 aromatic carbocycles. The first kappa shape index (κ1) is 23.6. The zero-order chi connectivity index (χ0) is 24.3. The number of carbonyl (C=O) groups excluding carboxylic acids is 2. The summed E-state index contributed by atoms with van der Waals surface area (Å²) in [5.41, 5.74) is 0.435. The van der Waals surface area contributed by atoms with Crippen LogP contribution in [0.15, 0.2) is 41.3 Å². The van der Waals surface area contributed by atoms with Crippen molar-refractivity contribution < 1.29 is 41.7 Å². The molecule has 2 aliphatic rings. The van der Waals surface area contributed by atoms with Crippen LogP contribution in [0.5, 0.6) is 23.0 Å². The lowest BCUT2D eigenvalue weighted by Crippen LogP contribution is -2.45. The Bertz CT molecular complexity index is 1200. The van der Waals surface area contributed by atoms with Gasteiger partial charge in [0, 0.05) is 17.8 Å². The van der Waals surface area contributed by atoms with Crippen molar-refractivity contribution >= 4 is 27.6 Å². The molecule has 34 heavy (non-hydrogen) atoms. The van der Waals surface area contributed by atoms with Crippen LogP contribution in [0.25, 0.3) is 0 Å². The molecule has 1 atom stereocenters. The number of fused-ring (bicyclic) bond motifs is 2. The van der Waals surface area contributed by atoms with Crippen LogP contribution < -0.4 is 29.0 Å². The number of esters is 1. The van der Waals surface area contributed by atoms with Gasteiger partial charge in [-0.25, -0.2) is 8.42 Å². The predicted octanol–water partition coefficient (Wildman–Crippen LogP) is 1.67. The van der Waals surface area contributed by atoms with Crippen molar-refractivity contribution in [3.05, 3.63) is 36.4 Å². The lowest BCUT2D eigenvalue weighted by molar-refractivity contribution is -0.150. The maximum absolute atomic E-state index is 12.9. The summed E-state index contributed by atoms with van der Waals surface area (Å²) >= 11 is 0. The Morgan fingerprint density at radius 1 is 0.941 bits per heavy atom. The van der Waals surface area contributed by atoms with Gasteiger partial charge in [-0.15, -0.1) is 0 Å². The fraction of sp³-hybridized carbons (Fsp3) is 0.364. The molecule has 1 amide bonds. The molecule has 0 aromatic heterocycles. The second kappa shape index (κ2) is 9.77. The van der Waals surface area contributed by atoms with E-state index in [0.717, 1.165) is 0 Å². The summed E-state index contributed by atoms with van der Waals surface area (Å²) < 4.78 is 54.5. The van der Waals surface area contributed by atoms with Crippen molar-refractivity contribution in [2.24, 2.45) is 5.92 Å². The van der Waals surface area contributed by atoms with Gasteiger partial charge in [0.1, 0.15) is 19.3 Å². The summed E-state index contributed by atoms with van der Waals surface area (Å²) in [5, 5.41) is 2.58. The molecule has 2 aromatic rings. The van der Waals surface area contributed by atoms with Crippen LogP contribution in [0.2, 0.25) is 0 Å². The zero-order valence-corrected chi connectivity index (χ0v) is 19.3. The van der Waals surface area contributed by atoms with E-state index in [-0.39, 0.29) is 11.7 Å². The molecule has 12 heteroatoms. The number of rotatable bonds is 8. The summed E-state index contributed by atoms with van der Waals surface area (Å²) in [6, 6.07) is 7.82. The molecule has 2 aliphatic heterocycles. The quantitative estimate of drug-likeness (QED) is 0.527. The molecule has 2 heterocycles. The number of hydrogen-bond donors (Lipinski definition) is 2. The Kier molecular flexibility index (Phi) is 6.80.